The molecule has 0 unspecified atom stereocenters. The summed E-state index contributed by atoms with van der Waals surface area (Å²) >= 11 is 0. The predicted octanol–water partition coefficient (Wildman–Crippen LogP) is 3.32. The van der Waals surface area contributed by atoms with E-state index in [0.717, 1.165) is 12.1 Å². The number of ether oxygens (including phenoxy) is 1. The number of benzene rings is 1. The van der Waals surface area contributed by atoms with Gasteiger partial charge in [-0.15, -0.1) is 0 Å². The van der Waals surface area contributed by atoms with Crippen LogP contribution in [0.2, 0.25) is 0 Å². The minimum Gasteiger partial charge on any atom is -0.497 e. The van der Waals surface area contributed by atoms with Crippen LogP contribution in [0.1, 0.15) is 24.4 Å². The maximum absolute atomic E-state index is 13.5. The van der Waals surface area contributed by atoms with Crippen LogP contribution in [-0.4, -0.2) is 13.3 Å². The van der Waals surface area contributed by atoms with Crippen LogP contribution in [0.25, 0.3) is 0 Å². The number of halogens is 5. The van der Waals surface area contributed by atoms with Gasteiger partial charge in [0, 0.05) is 30.2 Å². The molecule has 0 aliphatic heterocycles. The van der Waals surface area contributed by atoms with Gasteiger partial charge in [-0.3, -0.25) is 0 Å². The van der Waals surface area contributed by atoms with Crippen molar-refractivity contribution in [2.24, 2.45) is 5.73 Å². The highest BCUT2D eigenvalue weighted by Crippen LogP contribution is 2.30. The standard InChI is InChI=1S/C11H12F5NO/c1-18-6-4-7(12)10(8(13)5-6)9(17)2-3-11(14,15)16/h4-5,9H,2-3,17H2,1H3/t9-/m0/s1. The van der Waals surface area contributed by atoms with Crippen molar-refractivity contribution in [3.63, 3.8) is 0 Å². The fourth-order valence-corrected chi connectivity index (χ4v) is 1.50. The molecular formula is C11H12F5NO. The molecule has 0 aliphatic rings. The Morgan fingerprint density at radius 1 is 1.22 bits per heavy atom. The van der Waals surface area contributed by atoms with Crippen LogP contribution in [-0.2, 0) is 0 Å². The van der Waals surface area contributed by atoms with Crippen molar-refractivity contribution in [3.8, 4) is 5.75 Å². The first-order valence-electron chi connectivity index (χ1n) is 5.10. The molecule has 1 rings (SSSR count). The van der Waals surface area contributed by atoms with E-state index in [9.17, 15) is 22.0 Å². The molecule has 7 heteroatoms. The maximum atomic E-state index is 13.5. The number of nitrogens with two attached hydrogens (primary N) is 1. The van der Waals surface area contributed by atoms with E-state index in [-0.39, 0.29) is 5.75 Å². The van der Waals surface area contributed by atoms with Crippen molar-refractivity contribution >= 4 is 0 Å². The van der Waals surface area contributed by atoms with E-state index in [1.165, 1.54) is 7.11 Å². The highest BCUT2D eigenvalue weighted by atomic mass is 19.4. The van der Waals surface area contributed by atoms with Crippen molar-refractivity contribution < 1.29 is 26.7 Å². The molecule has 1 aromatic carbocycles. The first kappa shape index (κ1) is 14.7. The Morgan fingerprint density at radius 2 is 1.72 bits per heavy atom. The fraction of sp³-hybridized carbons (Fsp3) is 0.455. The van der Waals surface area contributed by atoms with Gasteiger partial charge >= 0.3 is 6.18 Å². The van der Waals surface area contributed by atoms with Gasteiger partial charge in [0.25, 0.3) is 0 Å². The van der Waals surface area contributed by atoms with Crippen LogP contribution in [0.15, 0.2) is 12.1 Å². The number of rotatable bonds is 4. The van der Waals surface area contributed by atoms with Crippen molar-refractivity contribution in [1.29, 1.82) is 0 Å². The van der Waals surface area contributed by atoms with Crippen LogP contribution in [0.5, 0.6) is 5.75 Å². The molecule has 2 N–H and O–H groups in total. The van der Waals surface area contributed by atoms with Crippen molar-refractivity contribution in [2.45, 2.75) is 25.1 Å². The molecule has 0 aromatic heterocycles. The zero-order valence-electron chi connectivity index (χ0n) is 9.52. The van der Waals surface area contributed by atoms with E-state index in [0.29, 0.717) is 0 Å². The summed E-state index contributed by atoms with van der Waals surface area (Å²) in [6.45, 7) is 0. The minimum atomic E-state index is -4.41. The molecule has 0 aliphatic carbocycles. The minimum absolute atomic E-state index is 0.0585. The van der Waals surface area contributed by atoms with Gasteiger partial charge < -0.3 is 10.5 Å². The zero-order chi connectivity index (χ0) is 13.9. The summed E-state index contributed by atoms with van der Waals surface area (Å²) in [5.41, 5.74) is 4.82. The SMILES string of the molecule is COc1cc(F)c([C@@H](N)CCC(F)(F)F)c(F)c1. The molecule has 0 amide bonds. The highest BCUT2D eigenvalue weighted by Gasteiger charge is 2.29. The average molecular weight is 269 g/mol. The molecule has 0 radical (unpaired) electrons. The van der Waals surface area contributed by atoms with E-state index in [2.05, 4.69) is 4.74 Å². The largest absolute Gasteiger partial charge is 0.497 e. The summed E-state index contributed by atoms with van der Waals surface area (Å²) in [6.07, 6.45) is -6.18. The Bertz CT molecular complexity index is 395. The molecule has 0 heterocycles. The van der Waals surface area contributed by atoms with Crippen LogP contribution >= 0.6 is 0 Å². The number of hydrogen-bond acceptors (Lipinski definition) is 2. The maximum Gasteiger partial charge on any atom is 0.389 e. The molecule has 2 nitrogen and oxygen atoms in total. The van der Waals surface area contributed by atoms with Gasteiger partial charge in [-0.2, -0.15) is 13.2 Å². The molecular weight excluding hydrogens is 257 g/mol. The lowest BCUT2D eigenvalue weighted by molar-refractivity contribution is -0.136. The van der Waals surface area contributed by atoms with Gasteiger partial charge in [0.05, 0.1) is 7.11 Å². The van der Waals surface area contributed by atoms with Gasteiger partial charge in [-0.05, 0) is 6.42 Å². The van der Waals surface area contributed by atoms with E-state index in [4.69, 9.17) is 5.73 Å². The topological polar surface area (TPSA) is 35.2 Å². The summed E-state index contributed by atoms with van der Waals surface area (Å²) in [5.74, 6) is -2.08. The number of hydrogen-bond donors (Lipinski definition) is 1. The van der Waals surface area contributed by atoms with Crippen LogP contribution in [0, 0.1) is 11.6 Å². The summed E-state index contributed by atoms with van der Waals surface area (Å²) in [6, 6.07) is 0.412. The summed E-state index contributed by atoms with van der Waals surface area (Å²) in [5, 5.41) is 0. The van der Waals surface area contributed by atoms with E-state index in [1.807, 2.05) is 0 Å². The van der Waals surface area contributed by atoms with E-state index in [1.54, 1.807) is 0 Å². The molecule has 0 fully saturated rings. The van der Waals surface area contributed by atoms with Crippen LogP contribution in [0.3, 0.4) is 0 Å². The van der Waals surface area contributed by atoms with Gasteiger partial charge in [0.2, 0.25) is 0 Å². The average Bonchev–Trinajstić information content (AvgIpc) is 2.24. The van der Waals surface area contributed by atoms with Crippen molar-refractivity contribution in [3.05, 3.63) is 29.3 Å². The first-order valence-corrected chi connectivity index (χ1v) is 5.10. The molecule has 0 saturated heterocycles. The zero-order valence-corrected chi connectivity index (χ0v) is 9.52. The molecule has 1 aromatic rings. The highest BCUT2D eigenvalue weighted by molar-refractivity contribution is 5.32. The Kier molecular flexibility index (Phi) is 4.50. The summed E-state index contributed by atoms with van der Waals surface area (Å²) in [4.78, 5) is 0. The Balaban J connectivity index is 2.89. The molecule has 0 saturated carbocycles. The third-order valence-corrected chi connectivity index (χ3v) is 2.40. The van der Waals surface area contributed by atoms with Crippen molar-refractivity contribution in [2.75, 3.05) is 7.11 Å². The Morgan fingerprint density at radius 3 is 2.11 bits per heavy atom. The second-order valence-electron chi connectivity index (χ2n) is 3.77. The molecule has 0 bridgehead atoms. The normalized spacial score (nSPS) is 13.5. The Labute approximate surface area is 101 Å². The van der Waals surface area contributed by atoms with Gasteiger partial charge in [-0.1, -0.05) is 0 Å². The van der Waals surface area contributed by atoms with E-state index < -0.39 is 42.3 Å². The van der Waals surface area contributed by atoms with Crippen molar-refractivity contribution in [1.82, 2.24) is 0 Å². The molecule has 102 valence electrons. The lowest BCUT2D eigenvalue weighted by atomic mass is 10.0. The monoisotopic (exact) mass is 269 g/mol. The fourth-order valence-electron chi connectivity index (χ4n) is 1.50. The van der Waals surface area contributed by atoms with Crippen LogP contribution in [0.4, 0.5) is 22.0 Å². The Hall–Kier alpha value is -1.37. The molecule has 0 spiro atoms. The third kappa shape index (κ3) is 3.83. The van der Waals surface area contributed by atoms with E-state index >= 15 is 0 Å². The third-order valence-electron chi connectivity index (χ3n) is 2.40. The lowest BCUT2D eigenvalue weighted by Crippen LogP contribution is -2.18. The summed E-state index contributed by atoms with van der Waals surface area (Å²) in [7, 11) is 1.22. The van der Waals surface area contributed by atoms with Gasteiger partial charge in [0.15, 0.2) is 0 Å². The van der Waals surface area contributed by atoms with Gasteiger partial charge in [0.1, 0.15) is 17.4 Å². The number of methoxy groups -OCH3 is 1. The second kappa shape index (κ2) is 5.51. The number of alkyl halides is 3. The smallest absolute Gasteiger partial charge is 0.389 e. The first-order chi connectivity index (χ1) is 8.24. The summed E-state index contributed by atoms with van der Waals surface area (Å²) < 4.78 is 67.6. The second-order valence-corrected chi connectivity index (χ2v) is 3.77. The van der Waals surface area contributed by atoms with Crippen LogP contribution < -0.4 is 10.5 Å². The molecule has 1 atom stereocenters. The quantitative estimate of drug-likeness (QED) is 0.851. The van der Waals surface area contributed by atoms with Gasteiger partial charge in [-0.25, -0.2) is 8.78 Å². The predicted molar refractivity (Wildman–Crippen MR) is 55.1 cm³/mol. The lowest BCUT2D eigenvalue weighted by Gasteiger charge is -2.15. The molecule has 18 heavy (non-hydrogen) atoms.